The number of amides is 2. The molecular weight excluding hydrogens is 474 g/mol. The lowest BCUT2D eigenvalue weighted by Gasteiger charge is -2.31. The zero-order valence-corrected chi connectivity index (χ0v) is 21.8. The maximum Gasteiger partial charge on any atom is 0.265 e. The van der Waals surface area contributed by atoms with Crippen molar-refractivity contribution in [1.82, 2.24) is 10.2 Å². The predicted molar refractivity (Wildman–Crippen MR) is 142 cm³/mol. The average molecular weight is 508 g/mol. The van der Waals surface area contributed by atoms with E-state index in [9.17, 15) is 18.0 Å². The molecule has 0 aromatic heterocycles. The van der Waals surface area contributed by atoms with E-state index < -0.39 is 16.1 Å². The van der Waals surface area contributed by atoms with Crippen LogP contribution < -0.4 is 9.62 Å². The van der Waals surface area contributed by atoms with Crippen molar-refractivity contribution in [3.8, 4) is 0 Å². The molecule has 36 heavy (non-hydrogen) atoms. The van der Waals surface area contributed by atoms with Crippen LogP contribution in [0.25, 0.3) is 10.8 Å². The fourth-order valence-electron chi connectivity index (χ4n) is 4.82. The molecule has 3 aromatic carbocycles. The largest absolute Gasteiger partial charge is 0.355 e. The van der Waals surface area contributed by atoms with Crippen LogP contribution >= 0.6 is 0 Å². The van der Waals surface area contributed by atoms with Gasteiger partial charge in [-0.05, 0) is 49.8 Å². The highest BCUT2D eigenvalue weighted by molar-refractivity contribution is 7.93. The summed E-state index contributed by atoms with van der Waals surface area (Å²) in [6.45, 7) is 6.75. The molecule has 1 N–H and O–H groups in total. The fraction of sp³-hybridized carbons (Fsp3) is 0.357. The third kappa shape index (κ3) is 4.95. The van der Waals surface area contributed by atoms with E-state index in [1.165, 1.54) is 4.31 Å². The number of rotatable bonds is 10. The number of sulfonamides is 1. The maximum absolute atomic E-state index is 13.4. The number of nitrogens with one attached hydrogen (secondary N) is 1. The van der Waals surface area contributed by atoms with Crippen molar-refractivity contribution in [3.05, 3.63) is 71.8 Å². The van der Waals surface area contributed by atoms with Gasteiger partial charge in [0.15, 0.2) is 0 Å². The van der Waals surface area contributed by atoms with Gasteiger partial charge in [-0.15, -0.1) is 0 Å². The molecule has 1 aliphatic heterocycles. The number of benzene rings is 3. The monoisotopic (exact) mass is 507 g/mol. The second-order valence-corrected chi connectivity index (χ2v) is 11.0. The van der Waals surface area contributed by atoms with Crippen LogP contribution in [0.4, 0.5) is 5.69 Å². The number of hydrogen-bond acceptors (Lipinski definition) is 4. The van der Waals surface area contributed by atoms with Crippen LogP contribution in [-0.2, 0) is 26.2 Å². The molecular formula is C28H33N3O4S. The lowest BCUT2D eigenvalue weighted by atomic mass is 10.1. The van der Waals surface area contributed by atoms with Crippen LogP contribution in [0.5, 0.6) is 0 Å². The molecule has 0 saturated carbocycles. The van der Waals surface area contributed by atoms with Gasteiger partial charge in [-0.25, -0.2) is 8.42 Å². The first kappa shape index (κ1) is 25.7. The summed E-state index contributed by atoms with van der Waals surface area (Å²) < 4.78 is 27.9. The Morgan fingerprint density at radius 1 is 1.00 bits per heavy atom. The molecule has 4 rings (SSSR count). The van der Waals surface area contributed by atoms with E-state index in [0.717, 1.165) is 21.9 Å². The Morgan fingerprint density at radius 3 is 2.36 bits per heavy atom. The number of carbonyl (C=O) groups excluding carboxylic acids is 2. The van der Waals surface area contributed by atoms with E-state index >= 15 is 0 Å². The van der Waals surface area contributed by atoms with Crippen molar-refractivity contribution in [1.29, 1.82) is 0 Å². The second kappa shape index (κ2) is 10.7. The van der Waals surface area contributed by atoms with Gasteiger partial charge in [0, 0.05) is 31.4 Å². The van der Waals surface area contributed by atoms with E-state index in [4.69, 9.17) is 0 Å². The number of aryl methyl sites for hydroxylation is 1. The number of carbonyl (C=O) groups is 2. The molecule has 1 aliphatic rings. The van der Waals surface area contributed by atoms with Gasteiger partial charge in [-0.1, -0.05) is 61.0 Å². The quantitative estimate of drug-likeness (QED) is 0.441. The number of hydrogen-bond donors (Lipinski definition) is 1. The first-order valence-electron chi connectivity index (χ1n) is 12.4. The van der Waals surface area contributed by atoms with Crippen LogP contribution in [0, 0.1) is 6.92 Å². The highest BCUT2D eigenvalue weighted by Crippen LogP contribution is 2.42. The van der Waals surface area contributed by atoms with Crippen molar-refractivity contribution in [2.45, 2.75) is 57.5 Å². The molecule has 1 atom stereocenters. The van der Waals surface area contributed by atoms with Gasteiger partial charge in [-0.3, -0.25) is 13.9 Å². The molecule has 7 nitrogen and oxygen atoms in total. The molecule has 0 bridgehead atoms. The minimum atomic E-state index is -3.67. The summed E-state index contributed by atoms with van der Waals surface area (Å²) in [6, 6.07) is 18.2. The van der Waals surface area contributed by atoms with Crippen LogP contribution in [0.3, 0.4) is 0 Å². The molecule has 1 heterocycles. The van der Waals surface area contributed by atoms with Gasteiger partial charge < -0.3 is 10.2 Å². The number of nitrogens with zero attached hydrogens (tertiary/aromatic N) is 2. The molecule has 0 spiro atoms. The molecule has 0 aliphatic carbocycles. The molecule has 3 aromatic rings. The van der Waals surface area contributed by atoms with Crippen LogP contribution in [0.1, 0.15) is 44.2 Å². The first-order chi connectivity index (χ1) is 17.3. The van der Waals surface area contributed by atoms with E-state index in [2.05, 4.69) is 5.32 Å². The molecule has 190 valence electrons. The second-order valence-electron chi connectivity index (χ2n) is 9.14. The van der Waals surface area contributed by atoms with Gasteiger partial charge in [0.25, 0.3) is 10.0 Å². The lowest BCUT2D eigenvalue weighted by molar-refractivity contribution is -0.141. The fourth-order valence-corrected chi connectivity index (χ4v) is 6.57. The number of likely N-dealkylation sites (N-methyl/N-ethyl adjacent to an activating group) is 1. The summed E-state index contributed by atoms with van der Waals surface area (Å²) in [5, 5.41) is 4.45. The minimum absolute atomic E-state index is 0.139. The van der Waals surface area contributed by atoms with Crippen molar-refractivity contribution < 1.29 is 18.0 Å². The smallest absolute Gasteiger partial charge is 0.265 e. The summed E-state index contributed by atoms with van der Waals surface area (Å²) in [4.78, 5) is 28.2. The molecule has 2 amide bonds. The third-order valence-corrected chi connectivity index (χ3v) is 8.50. The zero-order valence-electron chi connectivity index (χ0n) is 21.0. The zero-order chi connectivity index (χ0) is 25.9. The third-order valence-electron chi connectivity index (χ3n) is 6.64. The maximum atomic E-state index is 13.4. The Labute approximate surface area is 213 Å². The van der Waals surface area contributed by atoms with Crippen LogP contribution in [0.15, 0.2) is 65.6 Å². The van der Waals surface area contributed by atoms with Crippen LogP contribution in [0.2, 0.25) is 0 Å². The van der Waals surface area contributed by atoms with Gasteiger partial charge in [0.1, 0.15) is 6.04 Å². The first-order valence-corrected chi connectivity index (χ1v) is 13.9. The summed E-state index contributed by atoms with van der Waals surface area (Å²) >= 11 is 0. The summed E-state index contributed by atoms with van der Waals surface area (Å²) in [7, 11) is -3.67. The van der Waals surface area contributed by atoms with Crippen molar-refractivity contribution in [2.24, 2.45) is 0 Å². The summed E-state index contributed by atoms with van der Waals surface area (Å²) in [5.41, 5.74) is 2.72. The van der Waals surface area contributed by atoms with E-state index in [1.54, 1.807) is 17.0 Å². The summed E-state index contributed by atoms with van der Waals surface area (Å²) in [6.07, 6.45) is 0.972. The molecule has 0 fully saturated rings. The topological polar surface area (TPSA) is 86.8 Å². The Balaban J connectivity index is 1.51. The Kier molecular flexibility index (Phi) is 7.64. The molecule has 0 saturated heterocycles. The van der Waals surface area contributed by atoms with Crippen LogP contribution in [-0.4, -0.2) is 44.3 Å². The van der Waals surface area contributed by atoms with Gasteiger partial charge >= 0.3 is 0 Å². The van der Waals surface area contributed by atoms with Gasteiger partial charge in [0.2, 0.25) is 11.8 Å². The standard InChI is InChI=1S/C28H33N3O4S/c1-4-23(28(33)29-5-2)30(19-21-16-14-20(3)15-17-21)26(32)13-8-18-31-24-11-6-9-22-10-7-12-25(27(22)24)36(31,34)35/h6-7,9-12,14-17,23H,4-5,8,13,18-19H2,1-3H3,(H,29,33). The minimum Gasteiger partial charge on any atom is -0.355 e. The van der Waals surface area contributed by atoms with E-state index in [1.807, 2.05) is 69.3 Å². The Morgan fingerprint density at radius 2 is 1.69 bits per heavy atom. The van der Waals surface area contributed by atoms with Crippen molar-refractivity contribution in [2.75, 3.05) is 17.4 Å². The van der Waals surface area contributed by atoms with Gasteiger partial charge in [-0.2, -0.15) is 0 Å². The van der Waals surface area contributed by atoms with Crippen molar-refractivity contribution in [3.63, 3.8) is 0 Å². The molecule has 8 heteroatoms. The van der Waals surface area contributed by atoms with E-state index in [0.29, 0.717) is 36.5 Å². The molecule has 1 unspecified atom stereocenters. The molecule has 0 radical (unpaired) electrons. The lowest BCUT2D eigenvalue weighted by Crippen LogP contribution is -2.49. The summed E-state index contributed by atoms with van der Waals surface area (Å²) in [5.74, 6) is -0.342. The highest BCUT2D eigenvalue weighted by atomic mass is 32.2. The Bertz CT molecular complexity index is 1360. The highest BCUT2D eigenvalue weighted by Gasteiger charge is 2.35. The SMILES string of the molecule is CCNC(=O)C(CC)N(Cc1ccc(C)cc1)C(=O)CCCN1c2cccc3cccc(c23)S1(=O)=O. The predicted octanol–water partition coefficient (Wildman–Crippen LogP) is 4.38. The van der Waals surface area contributed by atoms with E-state index in [-0.39, 0.29) is 24.8 Å². The Hall–Kier alpha value is -3.39. The van der Waals surface area contributed by atoms with Gasteiger partial charge in [0.05, 0.1) is 10.6 Å². The number of anilines is 1. The average Bonchev–Trinajstić information content (AvgIpc) is 3.08. The van der Waals surface area contributed by atoms with Crippen molar-refractivity contribution >= 4 is 38.3 Å². The normalized spacial score (nSPS) is 14.6.